The predicted molar refractivity (Wildman–Crippen MR) is 77.1 cm³/mol. The molecular weight excluding hydrogens is 274 g/mol. The van der Waals surface area contributed by atoms with Gasteiger partial charge in [0.25, 0.3) is 0 Å². The molecule has 1 N–H and O–H groups in total. The highest BCUT2D eigenvalue weighted by Gasteiger charge is 2.27. The first-order valence-electron chi connectivity index (χ1n) is 7.75. The predicted octanol–water partition coefficient (Wildman–Crippen LogP) is 2.53. The summed E-state index contributed by atoms with van der Waals surface area (Å²) < 4.78 is 18.0. The molecule has 112 valence electrons. The molecule has 0 aromatic carbocycles. The van der Waals surface area contributed by atoms with Crippen LogP contribution >= 0.6 is 0 Å². The molecule has 0 radical (unpaired) electrons. The molecule has 1 aromatic rings. The van der Waals surface area contributed by atoms with E-state index in [4.69, 9.17) is 4.74 Å². The number of ether oxygens (including phenoxy) is 1. The maximum Gasteiger partial charge on any atom is 0.238 e. The van der Waals surface area contributed by atoms with Gasteiger partial charge in [-0.05, 0) is 25.7 Å². The van der Waals surface area contributed by atoms with Crippen LogP contribution in [0.25, 0.3) is 0 Å². The monoisotopic (exact) mass is 297 g/mol. The van der Waals surface area contributed by atoms with Gasteiger partial charge in [-0.25, -0.2) is 4.98 Å². The molecule has 6 heteroatoms. The van der Waals surface area contributed by atoms with E-state index in [1.165, 1.54) is 38.5 Å². The van der Waals surface area contributed by atoms with Crippen LogP contribution in [0.3, 0.4) is 0 Å². The summed E-state index contributed by atoms with van der Waals surface area (Å²) in [4.78, 5) is 4.33. The lowest BCUT2D eigenvalue weighted by Gasteiger charge is -2.14. The SMILES string of the molecule is O=[S@](CCOC1CCCCCC1)c1n[nH]c(C2CC2)n1. The van der Waals surface area contributed by atoms with Crippen molar-refractivity contribution in [1.29, 1.82) is 0 Å². The molecular formula is C14H23N3O2S. The van der Waals surface area contributed by atoms with Crippen molar-refractivity contribution >= 4 is 10.8 Å². The van der Waals surface area contributed by atoms with Crippen LogP contribution in [-0.2, 0) is 15.5 Å². The Balaban J connectivity index is 1.41. The van der Waals surface area contributed by atoms with E-state index < -0.39 is 10.8 Å². The second kappa shape index (κ2) is 6.80. The first kappa shape index (κ1) is 14.2. The molecule has 1 aromatic heterocycles. The minimum absolute atomic E-state index is 0.365. The van der Waals surface area contributed by atoms with Gasteiger partial charge in [0.05, 0.1) is 29.3 Å². The van der Waals surface area contributed by atoms with E-state index in [-0.39, 0.29) is 0 Å². The van der Waals surface area contributed by atoms with Crippen molar-refractivity contribution in [3.63, 3.8) is 0 Å². The van der Waals surface area contributed by atoms with Gasteiger partial charge in [-0.3, -0.25) is 9.31 Å². The summed E-state index contributed by atoms with van der Waals surface area (Å²) in [6.07, 6.45) is 10.2. The van der Waals surface area contributed by atoms with Crippen molar-refractivity contribution in [3.05, 3.63) is 5.82 Å². The zero-order valence-electron chi connectivity index (χ0n) is 11.8. The first-order valence-corrected chi connectivity index (χ1v) is 9.07. The molecule has 2 aliphatic rings. The molecule has 0 unspecified atom stereocenters. The summed E-state index contributed by atoms with van der Waals surface area (Å²) >= 11 is 0. The number of hydrogen-bond acceptors (Lipinski definition) is 4. The van der Waals surface area contributed by atoms with Gasteiger partial charge in [-0.15, -0.1) is 5.10 Å². The van der Waals surface area contributed by atoms with Crippen LogP contribution in [0, 0.1) is 0 Å². The summed E-state index contributed by atoms with van der Waals surface area (Å²) in [6.45, 7) is 0.546. The van der Waals surface area contributed by atoms with Gasteiger partial charge >= 0.3 is 0 Å². The Bertz CT molecular complexity index is 451. The average molecular weight is 297 g/mol. The number of H-pyrrole nitrogens is 1. The Kier molecular flexibility index (Phi) is 4.83. The Morgan fingerprint density at radius 3 is 2.60 bits per heavy atom. The zero-order valence-corrected chi connectivity index (χ0v) is 12.7. The van der Waals surface area contributed by atoms with Crippen LogP contribution in [-0.4, -0.2) is 37.9 Å². The van der Waals surface area contributed by atoms with Gasteiger partial charge in [0, 0.05) is 5.92 Å². The molecule has 0 bridgehead atoms. The van der Waals surface area contributed by atoms with Crippen LogP contribution in [0.1, 0.15) is 63.1 Å². The number of rotatable bonds is 6. The second-order valence-electron chi connectivity index (χ2n) is 5.81. The van der Waals surface area contributed by atoms with Crippen molar-refractivity contribution in [2.45, 2.75) is 68.5 Å². The van der Waals surface area contributed by atoms with Gasteiger partial charge in [0.1, 0.15) is 5.82 Å². The van der Waals surface area contributed by atoms with Gasteiger partial charge < -0.3 is 4.74 Å². The largest absolute Gasteiger partial charge is 0.377 e. The summed E-state index contributed by atoms with van der Waals surface area (Å²) in [5.41, 5.74) is 0. The van der Waals surface area contributed by atoms with E-state index in [1.807, 2.05) is 0 Å². The minimum Gasteiger partial charge on any atom is -0.377 e. The summed E-state index contributed by atoms with van der Waals surface area (Å²) in [5, 5.41) is 7.41. The number of aromatic nitrogens is 3. The summed E-state index contributed by atoms with van der Waals surface area (Å²) in [5.74, 6) is 1.92. The molecule has 20 heavy (non-hydrogen) atoms. The minimum atomic E-state index is -1.14. The molecule has 2 fully saturated rings. The zero-order chi connectivity index (χ0) is 13.8. The number of aromatic amines is 1. The summed E-state index contributed by atoms with van der Waals surface area (Å²) in [7, 11) is -1.14. The highest BCUT2D eigenvalue weighted by atomic mass is 32.2. The molecule has 1 atom stereocenters. The van der Waals surface area contributed by atoms with Crippen molar-refractivity contribution < 1.29 is 8.95 Å². The van der Waals surface area contributed by atoms with E-state index in [2.05, 4.69) is 15.2 Å². The molecule has 0 saturated heterocycles. The Morgan fingerprint density at radius 1 is 1.15 bits per heavy atom. The van der Waals surface area contributed by atoms with E-state index in [9.17, 15) is 4.21 Å². The molecule has 1 heterocycles. The molecule has 5 nitrogen and oxygen atoms in total. The molecule has 0 amide bonds. The lowest BCUT2D eigenvalue weighted by atomic mass is 10.1. The van der Waals surface area contributed by atoms with Gasteiger partial charge in [0.2, 0.25) is 5.16 Å². The smallest absolute Gasteiger partial charge is 0.238 e. The third-order valence-corrected chi connectivity index (χ3v) is 5.20. The Hall–Kier alpha value is -0.750. The van der Waals surface area contributed by atoms with Crippen molar-refractivity contribution in [1.82, 2.24) is 15.2 Å². The Labute approximate surface area is 122 Å². The molecule has 2 aliphatic carbocycles. The third kappa shape index (κ3) is 3.88. The van der Waals surface area contributed by atoms with Crippen molar-refractivity contribution in [2.75, 3.05) is 12.4 Å². The van der Waals surface area contributed by atoms with Gasteiger partial charge in [-0.1, -0.05) is 25.7 Å². The van der Waals surface area contributed by atoms with Crippen LogP contribution < -0.4 is 0 Å². The van der Waals surface area contributed by atoms with E-state index in [0.717, 1.165) is 18.7 Å². The maximum absolute atomic E-state index is 12.1. The molecule has 0 spiro atoms. The van der Waals surface area contributed by atoms with Crippen LogP contribution in [0.2, 0.25) is 0 Å². The highest BCUT2D eigenvalue weighted by molar-refractivity contribution is 7.84. The number of nitrogens with zero attached hydrogens (tertiary/aromatic N) is 2. The Morgan fingerprint density at radius 2 is 1.90 bits per heavy atom. The fourth-order valence-corrected chi connectivity index (χ4v) is 3.47. The standard InChI is InChI=1S/C14H23N3O2S/c18-20(14-15-13(16-17-14)11-7-8-11)10-9-19-12-5-3-1-2-4-6-12/h11-12H,1-10H2,(H,15,16,17)/t20-/m1/s1. The first-order chi connectivity index (χ1) is 9.83. The number of nitrogens with one attached hydrogen (secondary N) is 1. The fourth-order valence-electron chi connectivity index (χ4n) is 2.69. The molecule has 3 rings (SSSR count). The normalized spacial score (nSPS) is 22.6. The third-order valence-electron chi connectivity index (χ3n) is 4.07. The topological polar surface area (TPSA) is 67.9 Å². The van der Waals surface area contributed by atoms with Gasteiger partial charge in [-0.2, -0.15) is 0 Å². The highest BCUT2D eigenvalue weighted by Crippen LogP contribution is 2.37. The molecule has 2 saturated carbocycles. The quantitative estimate of drug-likeness (QED) is 0.819. The van der Waals surface area contributed by atoms with Crippen LogP contribution in [0.15, 0.2) is 5.16 Å². The fraction of sp³-hybridized carbons (Fsp3) is 0.857. The maximum atomic E-state index is 12.1. The van der Waals surface area contributed by atoms with Crippen LogP contribution in [0.4, 0.5) is 0 Å². The van der Waals surface area contributed by atoms with Crippen LogP contribution in [0.5, 0.6) is 0 Å². The average Bonchev–Trinajstić information content (AvgIpc) is 3.23. The summed E-state index contributed by atoms with van der Waals surface area (Å²) in [6, 6.07) is 0. The molecule has 0 aliphatic heterocycles. The number of hydrogen-bond donors (Lipinski definition) is 1. The van der Waals surface area contributed by atoms with Gasteiger partial charge in [0.15, 0.2) is 0 Å². The van der Waals surface area contributed by atoms with E-state index >= 15 is 0 Å². The van der Waals surface area contributed by atoms with E-state index in [0.29, 0.717) is 29.5 Å². The lowest BCUT2D eigenvalue weighted by molar-refractivity contribution is 0.0539. The second-order valence-corrected chi connectivity index (χ2v) is 7.28. The van der Waals surface area contributed by atoms with E-state index in [1.54, 1.807) is 0 Å². The van der Waals surface area contributed by atoms with Crippen molar-refractivity contribution in [3.8, 4) is 0 Å². The van der Waals surface area contributed by atoms with Crippen molar-refractivity contribution in [2.24, 2.45) is 0 Å². The lowest BCUT2D eigenvalue weighted by Crippen LogP contribution is -2.16.